The Morgan fingerprint density at radius 2 is 2.21 bits per heavy atom. The number of nitrogens with zero attached hydrogens (tertiary/aromatic N) is 1. The van der Waals surface area contributed by atoms with E-state index < -0.39 is 6.10 Å². The number of carbonyl (C=O) groups is 2. The zero-order chi connectivity index (χ0) is 20.8. The normalized spacial score (nSPS) is 18.8. The summed E-state index contributed by atoms with van der Waals surface area (Å²) in [4.78, 5) is 25.1. The molecule has 0 aromatic carbocycles. The molecule has 28 heavy (non-hydrogen) atoms. The fraction of sp³-hybridized carbons (Fsp3) is 0.727. The van der Waals surface area contributed by atoms with E-state index in [1.54, 1.807) is 11.8 Å². The van der Waals surface area contributed by atoms with Gasteiger partial charge in [-0.25, -0.2) is 0 Å². The highest BCUT2D eigenvalue weighted by Gasteiger charge is 2.28. The van der Waals surface area contributed by atoms with Crippen LogP contribution in [-0.2, 0) is 14.3 Å². The van der Waals surface area contributed by atoms with Crippen LogP contribution in [0.25, 0.3) is 0 Å². The van der Waals surface area contributed by atoms with Crippen LogP contribution in [0.1, 0.15) is 58.8 Å². The summed E-state index contributed by atoms with van der Waals surface area (Å²) in [6.07, 6.45) is 8.51. The molecule has 1 N–H and O–H groups in total. The number of thioether (sulfide) groups is 1. The summed E-state index contributed by atoms with van der Waals surface area (Å²) < 4.78 is 4.62. The lowest BCUT2D eigenvalue weighted by Gasteiger charge is -2.23. The Morgan fingerprint density at radius 3 is 2.93 bits per heavy atom. The van der Waals surface area contributed by atoms with Crippen molar-refractivity contribution in [2.24, 2.45) is 5.92 Å². The molecule has 6 heteroatoms. The number of esters is 1. The van der Waals surface area contributed by atoms with E-state index >= 15 is 0 Å². The number of amides is 1. The maximum Gasteiger partial charge on any atom is 0.305 e. The van der Waals surface area contributed by atoms with Crippen molar-refractivity contribution in [3.63, 3.8) is 0 Å². The molecule has 1 saturated heterocycles. The molecule has 1 aliphatic rings. The van der Waals surface area contributed by atoms with Crippen molar-refractivity contribution in [1.82, 2.24) is 4.90 Å². The molecule has 1 amide bonds. The van der Waals surface area contributed by atoms with Crippen molar-refractivity contribution in [3.05, 3.63) is 12.2 Å². The molecule has 158 valence electrons. The smallest absolute Gasteiger partial charge is 0.305 e. The molecule has 1 heterocycles. The minimum absolute atomic E-state index is 0.0659. The van der Waals surface area contributed by atoms with Gasteiger partial charge in [-0.1, -0.05) is 26.0 Å². The average molecular weight is 410 g/mol. The van der Waals surface area contributed by atoms with E-state index in [0.29, 0.717) is 25.8 Å². The third-order valence-corrected chi connectivity index (χ3v) is 5.83. The lowest BCUT2D eigenvalue weighted by Crippen LogP contribution is -2.34. The Labute approximate surface area is 174 Å². The largest absolute Gasteiger partial charge is 0.469 e. The molecule has 0 unspecified atom stereocenters. The third-order valence-electron chi connectivity index (χ3n) is 4.79. The summed E-state index contributed by atoms with van der Waals surface area (Å²) in [5.41, 5.74) is 0. The van der Waals surface area contributed by atoms with Crippen LogP contribution in [0.2, 0.25) is 0 Å². The van der Waals surface area contributed by atoms with Gasteiger partial charge < -0.3 is 14.7 Å². The lowest BCUT2D eigenvalue weighted by molar-refractivity contribution is -0.140. The predicted molar refractivity (Wildman–Crippen MR) is 115 cm³/mol. The number of unbranched alkanes of at least 4 members (excludes halogenated alkanes) is 1. The molecule has 1 rings (SSSR count). The zero-order valence-electron chi connectivity index (χ0n) is 17.5. The van der Waals surface area contributed by atoms with Gasteiger partial charge in [0.2, 0.25) is 5.91 Å². The maximum atomic E-state index is 12.2. The molecule has 0 radical (unpaired) electrons. The molecular weight excluding hydrogens is 374 g/mol. The maximum absolute atomic E-state index is 12.2. The Kier molecular flexibility index (Phi) is 12.8. The number of aliphatic hydroxyl groups is 1. The lowest BCUT2D eigenvalue weighted by atomic mass is 10.00. The van der Waals surface area contributed by atoms with E-state index in [1.807, 2.05) is 24.0 Å². The number of hydrogen-bond acceptors (Lipinski definition) is 5. The Hall–Kier alpha value is -1.45. The molecular formula is C22H35NO4S. The Bertz CT molecular complexity index is 567. The number of ether oxygens (including phenoxy) is 1. The molecule has 0 saturated carbocycles. The van der Waals surface area contributed by atoms with Gasteiger partial charge in [-0.15, -0.1) is 11.8 Å². The summed E-state index contributed by atoms with van der Waals surface area (Å²) in [7, 11) is 1.40. The summed E-state index contributed by atoms with van der Waals surface area (Å²) >= 11 is 1.75. The van der Waals surface area contributed by atoms with Crippen LogP contribution in [0.15, 0.2) is 12.2 Å². The third kappa shape index (κ3) is 9.66. The number of methoxy groups -OCH3 is 1. The molecule has 5 nitrogen and oxygen atoms in total. The molecule has 0 aromatic rings. The number of carbonyl (C=O) groups excluding carboxylic acids is 2. The van der Waals surface area contributed by atoms with Crippen LogP contribution in [0.5, 0.6) is 0 Å². The van der Waals surface area contributed by atoms with Gasteiger partial charge in [0.15, 0.2) is 0 Å². The van der Waals surface area contributed by atoms with Gasteiger partial charge in [0.25, 0.3) is 0 Å². The van der Waals surface area contributed by atoms with Gasteiger partial charge in [-0.2, -0.15) is 11.8 Å². The first-order chi connectivity index (χ1) is 13.5. The molecule has 1 fully saturated rings. The summed E-state index contributed by atoms with van der Waals surface area (Å²) in [5.74, 6) is 8.05. The fourth-order valence-corrected chi connectivity index (χ4v) is 3.81. The van der Waals surface area contributed by atoms with Crippen molar-refractivity contribution >= 4 is 23.6 Å². The van der Waals surface area contributed by atoms with E-state index in [2.05, 4.69) is 23.5 Å². The zero-order valence-corrected chi connectivity index (χ0v) is 18.3. The molecule has 0 aliphatic carbocycles. The standard InChI is InChI=1S/C22H35NO4S/c1-4-5-6-7-9-18(2)20(24)13-11-19-12-14-21(25)23(19)15-17-28-16-8-10-22(26)27-3/h11,13,18-20,24H,4-5,8-10,12,14-17H2,1-3H3/t18-,19-,20-/m0/s1. The fourth-order valence-electron chi connectivity index (χ4n) is 2.93. The summed E-state index contributed by atoms with van der Waals surface area (Å²) in [5, 5.41) is 10.3. The van der Waals surface area contributed by atoms with Gasteiger partial charge in [0, 0.05) is 38.0 Å². The number of aliphatic hydroxyl groups excluding tert-OH is 1. The van der Waals surface area contributed by atoms with E-state index in [0.717, 1.165) is 37.2 Å². The molecule has 3 atom stereocenters. The first-order valence-electron chi connectivity index (χ1n) is 10.3. The molecule has 1 aliphatic heterocycles. The molecule has 0 spiro atoms. The quantitative estimate of drug-likeness (QED) is 0.232. The van der Waals surface area contributed by atoms with E-state index in [1.165, 1.54) is 7.11 Å². The van der Waals surface area contributed by atoms with Gasteiger partial charge in [0.05, 0.1) is 19.3 Å². The minimum Gasteiger partial charge on any atom is -0.469 e. The minimum atomic E-state index is -0.541. The highest BCUT2D eigenvalue weighted by atomic mass is 32.2. The van der Waals surface area contributed by atoms with Crippen LogP contribution in [0, 0.1) is 17.8 Å². The average Bonchev–Trinajstić information content (AvgIpc) is 3.05. The van der Waals surface area contributed by atoms with E-state index in [4.69, 9.17) is 0 Å². The SMILES string of the molecule is CCCC#CC[C@H](C)[C@@H](O)C=C[C@H]1CCC(=O)N1CCSCCCC(=O)OC. The van der Waals surface area contributed by atoms with Crippen molar-refractivity contribution in [2.45, 2.75) is 70.9 Å². The number of hydrogen-bond donors (Lipinski definition) is 1. The first-order valence-corrected chi connectivity index (χ1v) is 11.4. The van der Waals surface area contributed by atoms with Crippen molar-refractivity contribution in [1.29, 1.82) is 0 Å². The highest BCUT2D eigenvalue weighted by Crippen LogP contribution is 2.21. The Balaban J connectivity index is 2.36. The second-order valence-corrected chi connectivity index (χ2v) is 8.37. The van der Waals surface area contributed by atoms with Crippen LogP contribution in [0.3, 0.4) is 0 Å². The number of rotatable bonds is 12. The van der Waals surface area contributed by atoms with Crippen LogP contribution in [-0.4, -0.2) is 59.2 Å². The van der Waals surface area contributed by atoms with Gasteiger partial charge >= 0.3 is 5.97 Å². The second-order valence-electron chi connectivity index (χ2n) is 7.15. The van der Waals surface area contributed by atoms with Gasteiger partial charge in [-0.05, 0) is 30.9 Å². The number of likely N-dealkylation sites (tertiary alicyclic amines) is 1. The van der Waals surface area contributed by atoms with Gasteiger partial charge in [0.1, 0.15) is 0 Å². The van der Waals surface area contributed by atoms with E-state index in [-0.39, 0.29) is 23.8 Å². The topological polar surface area (TPSA) is 66.8 Å². The first kappa shape index (κ1) is 24.6. The van der Waals surface area contributed by atoms with Crippen LogP contribution >= 0.6 is 11.8 Å². The highest BCUT2D eigenvalue weighted by molar-refractivity contribution is 7.99. The Morgan fingerprint density at radius 1 is 1.43 bits per heavy atom. The summed E-state index contributed by atoms with van der Waals surface area (Å²) in [6, 6.07) is 0.0659. The van der Waals surface area contributed by atoms with Crippen LogP contribution < -0.4 is 0 Å². The summed E-state index contributed by atoms with van der Waals surface area (Å²) in [6.45, 7) is 4.80. The van der Waals surface area contributed by atoms with Crippen LogP contribution in [0.4, 0.5) is 0 Å². The van der Waals surface area contributed by atoms with E-state index in [9.17, 15) is 14.7 Å². The predicted octanol–water partition coefficient (Wildman–Crippen LogP) is 3.41. The second kappa shape index (κ2) is 14.5. The van der Waals surface area contributed by atoms with Crippen molar-refractivity contribution in [2.75, 3.05) is 25.2 Å². The van der Waals surface area contributed by atoms with Crippen molar-refractivity contribution < 1.29 is 19.4 Å². The van der Waals surface area contributed by atoms with Gasteiger partial charge in [-0.3, -0.25) is 9.59 Å². The van der Waals surface area contributed by atoms with Crippen molar-refractivity contribution in [3.8, 4) is 11.8 Å². The molecule has 0 bridgehead atoms. The monoisotopic (exact) mass is 409 g/mol. The molecule has 0 aromatic heterocycles.